The molecule has 6 heteroatoms. The Hall–Kier alpha value is -1.92. The fraction of sp³-hybridized carbons (Fsp3) is 0.273. The number of ether oxygens (including phenoxy) is 2. The van der Waals surface area contributed by atoms with E-state index in [1.165, 1.54) is 25.1 Å². The van der Waals surface area contributed by atoms with Gasteiger partial charge in [-0.3, -0.25) is 0 Å². The molecule has 0 aromatic heterocycles. The Morgan fingerprint density at radius 3 is 2.24 bits per heavy atom. The molecule has 1 unspecified atom stereocenters. The molecule has 0 spiro atoms. The van der Waals surface area contributed by atoms with Crippen molar-refractivity contribution in [3.63, 3.8) is 0 Å². The van der Waals surface area contributed by atoms with Gasteiger partial charge in [0.25, 0.3) is 0 Å². The number of esters is 2. The lowest BCUT2D eigenvalue weighted by Gasteiger charge is -2.29. The van der Waals surface area contributed by atoms with Gasteiger partial charge in [-0.2, -0.15) is 0 Å². The lowest BCUT2D eigenvalue weighted by molar-refractivity contribution is -0.346. The highest BCUT2D eigenvalue weighted by Gasteiger charge is 2.42. The fourth-order valence-electron chi connectivity index (χ4n) is 1.41. The standard InChI is InChI=1S/C11H10O6/c1-6-11(14,15)17-10(13)8-5-3-2-4-7(8)9(12)16-6/h2-6,14-15H,1H3. The summed E-state index contributed by atoms with van der Waals surface area (Å²) in [5.74, 6) is -4.63. The van der Waals surface area contributed by atoms with E-state index in [9.17, 15) is 19.8 Å². The molecule has 90 valence electrons. The van der Waals surface area contributed by atoms with Gasteiger partial charge in [-0.05, 0) is 19.1 Å². The Bertz CT molecular complexity index is 479. The van der Waals surface area contributed by atoms with Gasteiger partial charge in [-0.1, -0.05) is 12.1 Å². The second-order valence-corrected chi connectivity index (χ2v) is 3.64. The van der Waals surface area contributed by atoms with Crippen LogP contribution in [0.4, 0.5) is 0 Å². The van der Waals surface area contributed by atoms with Gasteiger partial charge in [-0.25, -0.2) is 9.59 Å². The number of carbonyl (C=O) groups excluding carboxylic acids is 2. The van der Waals surface area contributed by atoms with Gasteiger partial charge in [0.15, 0.2) is 6.10 Å². The summed E-state index contributed by atoms with van der Waals surface area (Å²) in [6.07, 6.45) is -1.38. The lowest BCUT2D eigenvalue weighted by Crippen LogP contribution is -2.48. The van der Waals surface area contributed by atoms with Crippen LogP contribution in [0, 0.1) is 0 Å². The van der Waals surface area contributed by atoms with Crippen molar-refractivity contribution < 1.29 is 29.3 Å². The third-order valence-electron chi connectivity index (χ3n) is 2.42. The van der Waals surface area contributed by atoms with E-state index in [1.807, 2.05) is 0 Å². The molecule has 2 N–H and O–H groups in total. The first kappa shape index (κ1) is 11.6. The summed E-state index contributed by atoms with van der Waals surface area (Å²) in [5.41, 5.74) is -0.0447. The number of hydrogen-bond acceptors (Lipinski definition) is 6. The third-order valence-corrected chi connectivity index (χ3v) is 2.42. The minimum Gasteiger partial charge on any atom is -0.449 e. The average Bonchev–Trinajstić information content (AvgIpc) is 2.27. The Morgan fingerprint density at radius 1 is 1.12 bits per heavy atom. The Balaban J connectivity index is 2.51. The van der Waals surface area contributed by atoms with Crippen LogP contribution in [0.25, 0.3) is 0 Å². The van der Waals surface area contributed by atoms with E-state index < -0.39 is 24.0 Å². The summed E-state index contributed by atoms with van der Waals surface area (Å²) in [6.45, 7) is 1.21. The van der Waals surface area contributed by atoms with Crippen molar-refractivity contribution in [1.82, 2.24) is 0 Å². The maximum absolute atomic E-state index is 11.6. The number of hydrogen-bond donors (Lipinski definition) is 2. The van der Waals surface area contributed by atoms with Crippen molar-refractivity contribution in [3.05, 3.63) is 35.4 Å². The van der Waals surface area contributed by atoms with E-state index in [4.69, 9.17) is 4.74 Å². The lowest BCUT2D eigenvalue weighted by atomic mass is 10.1. The van der Waals surface area contributed by atoms with Crippen LogP contribution >= 0.6 is 0 Å². The van der Waals surface area contributed by atoms with Crippen LogP contribution in [0.5, 0.6) is 0 Å². The molecule has 0 saturated carbocycles. The first-order valence-corrected chi connectivity index (χ1v) is 4.90. The Morgan fingerprint density at radius 2 is 1.65 bits per heavy atom. The highest BCUT2D eigenvalue weighted by Crippen LogP contribution is 2.22. The monoisotopic (exact) mass is 238 g/mol. The zero-order valence-corrected chi connectivity index (χ0v) is 8.91. The van der Waals surface area contributed by atoms with Gasteiger partial charge in [-0.15, -0.1) is 0 Å². The second kappa shape index (κ2) is 3.83. The van der Waals surface area contributed by atoms with Crippen LogP contribution in [0.2, 0.25) is 0 Å². The van der Waals surface area contributed by atoms with Crippen LogP contribution in [0.1, 0.15) is 27.6 Å². The van der Waals surface area contributed by atoms with Crippen molar-refractivity contribution in [1.29, 1.82) is 0 Å². The van der Waals surface area contributed by atoms with E-state index in [-0.39, 0.29) is 11.1 Å². The quantitative estimate of drug-likeness (QED) is 0.489. The molecule has 0 amide bonds. The minimum absolute atomic E-state index is 0.0276. The molecule has 0 radical (unpaired) electrons. The molecule has 1 heterocycles. The summed E-state index contributed by atoms with van der Waals surface area (Å²) in [7, 11) is 0. The number of rotatable bonds is 0. The van der Waals surface area contributed by atoms with Crippen LogP contribution in [-0.2, 0) is 9.47 Å². The van der Waals surface area contributed by atoms with E-state index >= 15 is 0 Å². The molecule has 1 aromatic carbocycles. The number of benzene rings is 1. The Kier molecular flexibility index (Phi) is 2.60. The summed E-state index contributed by atoms with van der Waals surface area (Å²) < 4.78 is 9.23. The molecule has 1 aromatic rings. The SMILES string of the molecule is CC1OC(=O)c2ccccc2C(=O)OC1(O)O. The molecule has 0 saturated heterocycles. The summed E-state index contributed by atoms with van der Waals surface area (Å²) in [5, 5.41) is 18.8. The van der Waals surface area contributed by atoms with Gasteiger partial charge in [0.2, 0.25) is 0 Å². The summed E-state index contributed by atoms with van der Waals surface area (Å²) in [4.78, 5) is 23.3. The van der Waals surface area contributed by atoms with Gasteiger partial charge in [0.05, 0.1) is 11.1 Å². The fourth-order valence-corrected chi connectivity index (χ4v) is 1.41. The molecule has 1 aliphatic rings. The molecule has 0 aliphatic carbocycles. The largest absolute Gasteiger partial charge is 0.449 e. The highest BCUT2D eigenvalue weighted by molar-refractivity contribution is 6.03. The number of cyclic esters (lactones) is 2. The molecule has 6 nitrogen and oxygen atoms in total. The molecule has 1 atom stereocenters. The molecule has 0 bridgehead atoms. The summed E-state index contributed by atoms with van der Waals surface area (Å²) in [6, 6.07) is 5.82. The van der Waals surface area contributed by atoms with E-state index in [2.05, 4.69) is 4.74 Å². The van der Waals surface area contributed by atoms with E-state index in [1.54, 1.807) is 6.07 Å². The van der Waals surface area contributed by atoms with E-state index in [0.717, 1.165) is 0 Å². The topological polar surface area (TPSA) is 93.1 Å². The van der Waals surface area contributed by atoms with Crippen LogP contribution in [0.15, 0.2) is 24.3 Å². The molecular formula is C11H10O6. The van der Waals surface area contributed by atoms with Crippen molar-refractivity contribution >= 4 is 11.9 Å². The van der Waals surface area contributed by atoms with Gasteiger partial charge in [0.1, 0.15) is 0 Å². The van der Waals surface area contributed by atoms with E-state index in [0.29, 0.717) is 0 Å². The zero-order valence-electron chi connectivity index (χ0n) is 8.91. The molecule has 2 rings (SSSR count). The van der Waals surface area contributed by atoms with Gasteiger partial charge in [0, 0.05) is 0 Å². The number of aliphatic hydroxyl groups is 2. The molecule has 17 heavy (non-hydrogen) atoms. The average molecular weight is 238 g/mol. The molecular weight excluding hydrogens is 228 g/mol. The Labute approximate surface area is 96.4 Å². The van der Waals surface area contributed by atoms with Crippen molar-refractivity contribution in [2.24, 2.45) is 0 Å². The van der Waals surface area contributed by atoms with Crippen molar-refractivity contribution in [2.45, 2.75) is 19.0 Å². The predicted octanol–water partition coefficient (Wildman–Crippen LogP) is 0.0407. The normalized spacial score (nSPS) is 22.9. The maximum atomic E-state index is 11.6. The zero-order chi connectivity index (χ0) is 12.6. The van der Waals surface area contributed by atoms with Gasteiger partial charge >= 0.3 is 17.9 Å². The first-order chi connectivity index (χ1) is 7.92. The van der Waals surface area contributed by atoms with Crippen molar-refractivity contribution in [2.75, 3.05) is 0 Å². The predicted molar refractivity (Wildman–Crippen MR) is 53.9 cm³/mol. The van der Waals surface area contributed by atoms with Crippen LogP contribution < -0.4 is 0 Å². The summed E-state index contributed by atoms with van der Waals surface area (Å²) >= 11 is 0. The number of carbonyl (C=O) groups is 2. The third kappa shape index (κ3) is 2.00. The van der Waals surface area contributed by atoms with Crippen LogP contribution in [0.3, 0.4) is 0 Å². The molecule has 1 aliphatic heterocycles. The van der Waals surface area contributed by atoms with Gasteiger partial charge < -0.3 is 19.7 Å². The number of fused-ring (bicyclic) bond motifs is 1. The highest BCUT2D eigenvalue weighted by atomic mass is 16.8. The molecule has 0 fully saturated rings. The minimum atomic E-state index is -2.83. The maximum Gasteiger partial charge on any atom is 0.363 e. The first-order valence-electron chi connectivity index (χ1n) is 4.90. The van der Waals surface area contributed by atoms with Crippen molar-refractivity contribution in [3.8, 4) is 0 Å². The van der Waals surface area contributed by atoms with Crippen LogP contribution in [-0.4, -0.2) is 34.2 Å². The smallest absolute Gasteiger partial charge is 0.363 e. The second-order valence-electron chi connectivity index (χ2n) is 3.64.